The van der Waals surface area contributed by atoms with Crippen LogP contribution in [0.1, 0.15) is 34.5 Å². The highest BCUT2D eigenvalue weighted by Gasteiger charge is 2.27. The Kier molecular flexibility index (Phi) is 5.90. The summed E-state index contributed by atoms with van der Waals surface area (Å²) in [7, 11) is -1.92. The van der Waals surface area contributed by atoms with E-state index in [-0.39, 0.29) is 12.5 Å². The van der Waals surface area contributed by atoms with Crippen molar-refractivity contribution in [2.75, 3.05) is 20.2 Å². The summed E-state index contributed by atoms with van der Waals surface area (Å²) >= 11 is 1.20. The highest BCUT2D eigenvalue weighted by molar-refractivity contribution is 7.91. The number of thiophene rings is 1. The van der Waals surface area contributed by atoms with Crippen LogP contribution in [0.2, 0.25) is 0 Å². The second-order valence-corrected chi connectivity index (χ2v) is 9.29. The normalized spacial score (nSPS) is 15.6. The standard InChI is InChI=1S/C17H21N3O4S2/c1-24-15-7-5-13(11-18-15)17(21)19-12-14-6-8-16(25-14)26(22,23)20-9-3-2-4-10-20/h5-8,11H,2-4,9-10,12H2,1H3,(H,19,21). The molecule has 1 N–H and O–H groups in total. The number of hydrogen-bond donors (Lipinski definition) is 1. The minimum absolute atomic E-state index is 0.269. The molecule has 0 aliphatic carbocycles. The van der Waals surface area contributed by atoms with Crippen molar-refractivity contribution < 1.29 is 17.9 Å². The van der Waals surface area contributed by atoms with Gasteiger partial charge in [-0.25, -0.2) is 13.4 Å². The Bertz CT molecular complexity index is 856. The van der Waals surface area contributed by atoms with Crippen LogP contribution in [0.15, 0.2) is 34.7 Å². The number of pyridine rings is 1. The Morgan fingerprint density at radius 1 is 1.23 bits per heavy atom. The zero-order valence-corrected chi connectivity index (χ0v) is 16.1. The van der Waals surface area contributed by atoms with Crippen LogP contribution in [0.3, 0.4) is 0 Å². The first-order valence-electron chi connectivity index (χ1n) is 8.38. The molecule has 1 amide bonds. The van der Waals surface area contributed by atoms with Gasteiger partial charge in [-0.15, -0.1) is 11.3 Å². The largest absolute Gasteiger partial charge is 0.481 e. The molecule has 0 saturated carbocycles. The summed E-state index contributed by atoms with van der Waals surface area (Å²) in [6, 6.07) is 6.60. The Labute approximate surface area is 157 Å². The van der Waals surface area contributed by atoms with Crippen LogP contribution in [0, 0.1) is 0 Å². The number of carbonyl (C=O) groups excluding carboxylic acids is 1. The van der Waals surface area contributed by atoms with Crippen molar-refractivity contribution in [3.63, 3.8) is 0 Å². The van der Waals surface area contributed by atoms with Crippen LogP contribution in [0.5, 0.6) is 5.88 Å². The van der Waals surface area contributed by atoms with Gasteiger partial charge < -0.3 is 10.1 Å². The molecule has 1 saturated heterocycles. The Hall–Kier alpha value is -1.97. The summed E-state index contributed by atoms with van der Waals surface area (Å²) in [5.41, 5.74) is 0.420. The van der Waals surface area contributed by atoms with Gasteiger partial charge in [-0.1, -0.05) is 6.42 Å². The molecule has 0 radical (unpaired) electrons. The Balaban J connectivity index is 1.62. The van der Waals surface area contributed by atoms with E-state index >= 15 is 0 Å². The van der Waals surface area contributed by atoms with Crippen molar-refractivity contribution >= 4 is 27.3 Å². The first-order chi connectivity index (χ1) is 12.5. The molecule has 7 nitrogen and oxygen atoms in total. The maximum absolute atomic E-state index is 12.6. The third-order valence-corrected chi connectivity index (χ3v) is 7.63. The molecule has 26 heavy (non-hydrogen) atoms. The van der Waals surface area contributed by atoms with Crippen LogP contribution < -0.4 is 10.1 Å². The molecule has 3 heterocycles. The molecule has 2 aromatic heterocycles. The lowest BCUT2D eigenvalue weighted by Crippen LogP contribution is -2.35. The molecule has 9 heteroatoms. The van der Waals surface area contributed by atoms with E-state index < -0.39 is 10.0 Å². The summed E-state index contributed by atoms with van der Waals surface area (Å²) in [6.45, 7) is 1.43. The lowest BCUT2D eigenvalue weighted by Gasteiger charge is -2.25. The topological polar surface area (TPSA) is 88.6 Å². The van der Waals surface area contributed by atoms with E-state index in [2.05, 4.69) is 10.3 Å². The second-order valence-electron chi connectivity index (χ2n) is 5.96. The molecule has 3 rings (SSSR count). The molecular formula is C17H21N3O4S2. The number of nitrogens with one attached hydrogen (secondary N) is 1. The zero-order chi connectivity index (χ0) is 18.6. The number of rotatable bonds is 6. The quantitative estimate of drug-likeness (QED) is 0.810. The number of methoxy groups -OCH3 is 1. The highest BCUT2D eigenvalue weighted by Crippen LogP contribution is 2.27. The summed E-state index contributed by atoms with van der Waals surface area (Å²) in [5, 5.41) is 2.78. The second kappa shape index (κ2) is 8.15. The summed E-state index contributed by atoms with van der Waals surface area (Å²) in [4.78, 5) is 16.9. The van der Waals surface area contributed by atoms with Crippen molar-refractivity contribution in [2.24, 2.45) is 0 Å². The SMILES string of the molecule is COc1ccc(C(=O)NCc2ccc(S(=O)(=O)N3CCCCC3)s2)cn1. The van der Waals surface area contributed by atoms with Crippen molar-refractivity contribution in [1.82, 2.24) is 14.6 Å². The molecule has 0 bridgehead atoms. The summed E-state index contributed by atoms with van der Waals surface area (Å²) < 4.78 is 32.1. The van der Waals surface area contributed by atoms with E-state index in [0.717, 1.165) is 24.1 Å². The number of aromatic nitrogens is 1. The Morgan fingerprint density at radius 3 is 2.65 bits per heavy atom. The maximum atomic E-state index is 12.6. The molecule has 1 fully saturated rings. The van der Waals surface area contributed by atoms with Crippen molar-refractivity contribution in [2.45, 2.75) is 30.0 Å². The molecule has 1 aliphatic rings. The number of nitrogens with zero attached hydrogens (tertiary/aromatic N) is 2. The smallest absolute Gasteiger partial charge is 0.253 e. The number of carbonyl (C=O) groups is 1. The number of ether oxygens (including phenoxy) is 1. The van der Waals surface area contributed by atoms with Crippen LogP contribution in [-0.2, 0) is 16.6 Å². The van der Waals surface area contributed by atoms with Crippen LogP contribution in [0.4, 0.5) is 0 Å². The lowest BCUT2D eigenvalue weighted by molar-refractivity contribution is 0.0951. The fourth-order valence-electron chi connectivity index (χ4n) is 2.73. The van der Waals surface area contributed by atoms with Gasteiger partial charge in [0.2, 0.25) is 5.88 Å². The van der Waals surface area contributed by atoms with E-state index in [1.165, 1.54) is 24.6 Å². The predicted octanol–water partition coefficient (Wildman–Crippen LogP) is 2.26. The fraction of sp³-hybridized carbons (Fsp3) is 0.412. The van der Waals surface area contributed by atoms with E-state index in [1.807, 2.05) is 0 Å². The third-order valence-electron chi connectivity index (χ3n) is 4.18. The molecule has 1 aliphatic heterocycles. The van der Waals surface area contributed by atoms with Crippen molar-refractivity contribution in [1.29, 1.82) is 0 Å². The van der Waals surface area contributed by atoms with Gasteiger partial charge in [0.25, 0.3) is 15.9 Å². The van der Waals surface area contributed by atoms with Crippen molar-refractivity contribution in [3.8, 4) is 5.88 Å². The van der Waals surface area contributed by atoms with Gasteiger partial charge in [-0.2, -0.15) is 4.31 Å². The lowest BCUT2D eigenvalue weighted by atomic mass is 10.2. The predicted molar refractivity (Wildman–Crippen MR) is 98.9 cm³/mol. The van der Waals surface area contributed by atoms with Gasteiger partial charge in [-0.3, -0.25) is 4.79 Å². The fourth-order valence-corrected chi connectivity index (χ4v) is 5.70. The van der Waals surface area contributed by atoms with Gasteiger partial charge in [0.15, 0.2) is 0 Å². The summed E-state index contributed by atoms with van der Waals surface area (Å²) in [5.74, 6) is 0.168. The van der Waals surface area contributed by atoms with Crippen LogP contribution >= 0.6 is 11.3 Å². The molecule has 0 aromatic carbocycles. The monoisotopic (exact) mass is 395 g/mol. The third kappa shape index (κ3) is 4.22. The molecule has 0 unspecified atom stereocenters. The van der Waals surface area contributed by atoms with Crippen LogP contribution in [0.25, 0.3) is 0 Å². The molecule has 0 atom stereocenters. The van der Waals surface area contributed by atoms with E-state index in [4.69, 9.17) is 4.74 Å². The zero-order valence-electron chi connectivity index (χ0n) is 14.5. The first-order valence-corrected chi connectivity index (χ1v) is 10.6. The van der Waals surface area contributed by atoms with Crippen LogP contribution in [-0.4, -0.2) is 43.8 Å². The van der Waals surface area contributed by atoms with Gasteiger partial charge in [0.05, 0.1) is 19.2 Å². The van der Waals surface area contributed by atoms with E-state index in [1.54, 1.807) is 28.6 Å². The van der Waals surface area contributed by atoms with Gasteiger partial charge in [0.1, 0.15) is 4.21 Å². The van der Waals surface area contributed by atoms with Gasteiger partial charge in [0, 0.05) is 30.2 Å². The highest BCUT2D eigenvalue weighted by atomic mass is 32.2. The van der Waals surface area contributed by atoms with E-state index in [0.29, 0.717) is 28.7 Å². The van der Waals surface area contributed by atoms with Crippen molar-refractivity contribution in [3.05, 3.63) is 40.9 Å². The maximum Gasteiger partial charge on any atom is 0.253 e. The minimum Gasteiger partial charge on any atom is -0.481 e. The number of hydrogen-bond acceptors (Lipinski definition) is 6. The molecular weight excluding hydrogens is 374 g/mol. The first kappa shape index (κ1) is 18.8. The average Bonchev–Trinajstić information content (AvgIpc) is 3.17. The number of piperidine rings is 1. The van der Waals surface area contributed by atoms with Gasteiger partial charge >= 0.3 is 0 Å². The average molecular weight is 396 g/mol. The van der Waals surface area contributed by atoms with E-state index in [9.17, 15) is 13.2 Å². The molecule has 140 valence electrons. The number of amides is 1. The van der Waals surface area contributed by atoms with Gasteiger partial charge in [-0.05, 0) is 31.0 Å². The number of sulfonamides is 1. The summed E-state index contributed by atoms with van der Waals surface area (Å²) in [6.07, 6.45) is 4.33. The molecule has 0 spiro atoms. The molecule has 2 aromatic rings. The minimum atomic E-state index is -3.42. The Morgan fingerprint density at radius 2 is 2.00 bits per heavy atom.